The van der Waals surface area contributed by atoms with Gasteiger partial charge in [0.1, 0.15) is 6.17 Å². The molecule has 1 aromatic rings. The van der Waals surface area contributed by atoms with Gasteiger partial charge in [-0.05, 0) is 40.7 Å². The maximum absolute atomic E-state index is 15.1. The van der Waals surface area contributed by atoms with Crippen LogP contribution in [0.5, 0.6) is 0 Å². The second kappa shape index (κ2) is 9.14. The molecule has 0 bridgehead atoms. The SMILES string of the molecule is CCOC(=O)C(F)C[C@H](F)[C@](C)(N[S@](=O)C(C)(C)C)c1cccc(F)c1F. The zero-order valence-electron chi connectivity index (χ0n) is 15.9. The van der Waals surface area contributed by atoms with E-state index in [1.54, 1.807) is 20.8 Å². The van der Waals surface area contributed by atoms with Gasteiger partial charge in [0.05, 0.1) is 27.9 Å². The molecule has 0 saturated carbocycles. The highest BCUT2D eigenvalue weighted by molar-refractivity contribution is 7.84. The molecule has 0 spiro atoms. The Hall–Kier alpha value is -1.48. The normalized spacial score (nSPS) is 17.7. The van der Waals surface area contributed by atoms with Crippen LogP contribution in [0.2, 0.25) is 0 Å². The Bertz CT molecular complexity index is 696. The van der Waals surface area contributed by atoms with E-state index < -0.39 is 63.2 Å². The summed E-state index contributed by atoms with van der Waals surface area (Å²) >= 11 is 0. The number of carbonyl (C=O) groups excluding carboxylic acids is 1. The summed E-state index contributed by atoms with van der Waals surface area (Å²) in [5.74, 6) is -3.82. The molecular weight excluding hydrogens is 386 g/mol. The number of ether oxygens (including phenoxy) is 1. The number of nitrogens with one attached hydrogen (secondary N) is 1. The zero-order chi connectivity index (χ0) is 21.0. The van der Waals surface area contributed by atoms with Gasteiger partial charge in [0.15, 0.2) is 17.8 Å². The molecule has 1 N–H and O–H groups in total. The van der Waals surface area contributed by atoms with Gasteiger partial charge in [0.2, 0.25) is 0 Å². The fourth-order valence-electron chi connectivity index (χ4n) is 2.28. The second-order valence-corrected chi connectivity index (χ2v) is 9.18. The number of hydrogen-bond donors (Lipinski definition) is 1. The van der Waals surface area contributed by atoms with Gasteiger partial charge in [-0.25, -0.2) is 31.3 Å². The molecule has 9 heteroatoms. The topological polar surface area (TPSA) is 55.4 Å². The maximum atomic E-state index is 15.1. The first-order chi connectivity index (χ1) is 12.3. The molecule has 154 valence electrons. The average Bonchev–Trinajstić information content (AvgIpc) is 2.56. The highest BCUT2D eigenvalue weighted by Crippen LogP contribution is 2.34. The number of hydrogen-bond acceptors (Lipinski definition) is 3. The molecule has 1 rings (SSSR count). The predicted octanol–water partition coefficient (Wildman–Crippen LogP) is 3.86. The van der Waals surface area contributed by atoms with Crippen molar-refractivity contribution in [3.8, 4) is 0 Å². The van der Waals surface area contributed by atoms with Crippen molar-refractivity contribution in [1.82, 2.24) is 4.72 Å². The lowest BCUT2D eigenvalue weighted by atomic mass is 9.85. The second-order valence-electron chi connectivity index (χ2n) is 7.21. The molecule has 0 radical (unpaired) electrons. The zero-order valence-corrected chi connectivity index (χ0v) is 16.8. The summed E-state index contributed by atoms with van der Waals surface area (Å²) < 4.78 is 75.8. The van der Waals surface area contributed by atoms with E-state index in [0.717, 1.165) is 19.1 Å². The summed E-state index contributed by atoms with van der Waals surface area (Å²) in [4.78, 5) is 11.5. The van der Waals surface area contributed by atoms with E-state index >= 15 is 4.39 Å². The van der Waals surface area contributed by atoms with Crippen molar-refractivity contribution in [3.05, 3.63) is 35.4 Å². The van der Waals surface area contributed by atoms with Crippen LogP contribution < -0.4 is 4.72 Å². The predicted molar refractivity (Wildman–Crippen MR) is 95.8 cm³/mol. The van der Waals surface area contributed by atoms with Crippen molar-refractivity contribution in [3.63, 3.8) is 0 Å². The average molecular weight is 411 g/mol. The van der Waals surface area contributed by atoms with Crippen molar-refractivity contribution < 1.29 is 31.3 Å². The van der Waals surface area contributed by atoms with E-state index in [9.17, 15) is 22.2 Å². The molecule has 27 heavy (non-hydrogen) atoms. The molecule has 1 aromatic carbocycles. The monoisotopic (exact) mass is 411 g/mol. The van der Waals surface area contributed by atoms with Crippen LogP contribution in [0.1, 0.15) is 46.6 Å². The largest absolute Gasteiger partial charge is 0.464 e. The third-order valence-electron chi connectivity index (χ3n) is 3.95. The number of benzene rings is 1. The highest BCUT2D eigenvalue weighted by Gasteiger charge is 2.44. The van der Waals surface area contributed by atoms with Crippen LogP contribution in [0, 0.1) is 11.6 Å². The summed E-state index contributed by atoms with van der Waals surface area (Å²) in [5, 5.41) is 0. The Morgan fingerprint density at radius 3 is 2.33 bits per heavy atom. The number of esters is 1. The van der Waals surface area contributed by atoms with Crippen molar-refractivity contribution in [1.29, 1.82) is 0 Å². The van der Waals surface area contributed by atoms with E-state index in [0.29, 0.717) is 0 Å². The van der Waals surface area contributed by atoms with Gasteiger partial charge in [-0.2, -0.15) is 0 Å². The lowest BCUT2D eigenvalue weighted by molar-refractivity contribution is -0.150. The van der Waals surface area contributed by atoms with E-state index in [2.05, 4.69) is 9.46 Å². The lowest BCUT2D eigenvalue weighted by Gasteiger charge is -2.37. The Morgan fingerprint density at radius 1 is 1.22 bits per heavy atom. The van der Waals surface area contributed by atoms with Crippen molar-refractivity contribution in [2.75, 3.05) is 6.61 Å². The van der Waals surface area contributed by atoms with Crippen LogP contribution in [0.3, 0.4) is 0 Å². The first-order valence-electron chi connectivity index (χ1n) is 8.43. The molecular formula is C18H25F4NO3S. The van der Waals surface area contributed by atoms with Gasteiger partial charge < -0.3 is 4.74 Å². The molecule has 0 heterocycles. The van der Waals surface area contributed by atoms with E-state index in [1.165, 1.54) is 13.0 Å². The maximum Gasteiger partial charge on any atom is 0.340 e. The van der Waals surface area contributed by atoms with E-state index in [-0.39, 0.29) is 6.61 Å². The first kappa shape index (κ1) is 23.6. The van der Waals surface area contributed by atoms with Gasteiger partial charge in [0, 0.05) is 12.0 Å². The fraction of sp³-hybridized carbons (Fsp3) is 0.611. The van der Waals surface area contributed by atoms with E-state index in [4.69, 9.17) is 0 Å². The van der Waals surface area contributed by atoms with Crippen LogP contribution in [-0.2, 0) is 26.1 Å². The lowest BCUT2D eigenvalue weighted by Crippen LogP contribution is -2.53. The van der Waals surface area contributed by atoms with Gasteiger partial charge in [-0.3, -0.25) is 0 Å². The summed E-state index contributed by atoms with van der Waals surface area (Å²) in [6.45, 7) is 7.33. The molecule has 0 aliphatic carbocycles. The number of alkyl halides is 2. The first-order valence-corrected chi connectivity index (χ1v) is 9.58. The number of rotatable bonds is 8. The molecule has 0 aromatic heterocycles. The number of halogens is 4. The molecule has 4 atom stereocenters. The van der Waals surface area contributed by atoms with Crippen LogP contribution in [0.25, 0.3) is 0 Å². The number of carbonyl (C=O) groups is 1. The third-order valence-corrected chi connectivity index (χ3v) is 5.68. The molecule has 0 aliphatic rings. The highest BCUT2D eigenvalue weighted by atomic mass is 32.2. The van der Waals surface area contributed by atoms with Gasteiger partial charge in [0.25, 0.3) is 0 Å². The van der Waals surface area contributed by atoms with Crippen LogP contribution in [0.15, 0.2) is 18.2 Å². The Balaban J connectivity index is 3.31. The summed E-state index contributed by atoms with van der Waals surface area (Å²) in [7, 11) is -1.89. The van der Waals surface area contributed by atoms with E-state index in [1.807, 2.05) is 0 Å². The van der Waals surface area contributed by atoms with Crippen LogP contribution in [-0.4, -0.2) is 33.9 Å². The standard InChI is InChI=1S/C18H25F4NO3S/c1-6-26-16(24)13(20)10-14(21)18(5,23-27(25)17(2,3)4)11-8-7-9-12(19)15(11)22/h7-9,13-14,23H,6,10H2,1-5H3/t13?,14-,18+,27+/m0/s1. The minimum Gasteiger partial charge on any atom is -0.464 e. The molecule has 0 amide bonds. The smallest absolute Gasteiger partial charge is 0.340 e. The Morgan fingerprint density at radius 2 is 1.81 bits per heavy atom. The summed E-state index contributed by atoms with van der Waals surface area (Å²) in [5.41, 5.74) is -2.51. The Labute approximate surface area is 159 Å². The Kier molecular flexibility index (Phi) is 7.98. The molecule has 1 unspecified atom stereocenters. The van der Waals surface area contributed by atoms with Crippen molar-refractivity contribution in [2.45, 2.75) is 63.7 Å². The quantitative estimate of drug-likeness (QED) is 0.522. The van der Waals surface area contributed by atoms with Crippen molar-refractivity contribution in [2.24, 2.45) is 0 Å². The minimum absolute atomic E-state index is 0.0850. The summed E-state index contributed by atoms with van der Waals surface area (Å²) in [6, 6.07) is 3.14. The van der Waals surface area contributed by atoms with Crippen molar-refractivity contribution >= 4 is 17.0 Å². The van der Waals surface area contributed by atoms with Gasteiger partial charge >= 0.3 is 5.97 Å². The fourth-order valence-corrected chi connectivity index (χ4v) is 3.21. The molecule has 0 fully saturated rings. The minimum atomic E-state index is -2.30. The summed E-state index contributed by atoms with van der Waals surface area (Å²) in [6.07, 6.45) is -5.49. The molecule has 0 aliphatic heterocycles. The molecule has 0 saturated heterocycles. The third kappa shape index (κ3) is 5.75. The molecule has 4 nitrogen and oxygen atoms in total. The van der Waals surface area contributed by atoms with Gasteiger partial charge in [-0.15, -0.1) is 0 Å². The van der Waals surface area contributed by atoms with Crippen LogP contribution >= 0.6 is 0 Å². The van der Waals surface area contributed by atoms with Gasteiger partial charge in [-0.1, -0.05) is 12.1 Å². The van der Waals surface area contributed by atoms with Crippen LogP contribution in [0.4, 0.5) is 17.6 Å².